The number of aliphatic hydroxyl groups excluding tert-OH is 1. The van der Waals surface area contributed by atoms with Gasteiger partial charge in [-0.05, 0) is 6.42 Å². The fourth-order valence-corrected chi connectivity index (χ4v) is 4.83. The molecule has 2 N–H and O–H groups in total. The molecule has 0 heterocycles. The predicted molar refractivity (Wildman–Crippen MR) is 121 cm³/mol. The number of hydrogen-bond acceptors (Lipinski definition) is 4. The fraction of sp³-hybridized carbons (Fsp3) is 1.00. The number of hydrogen-bond donors (Lipinski definition) is 2. The van der Waals surface area contributed by atoms with Crippen molar-refractivity contribution in [2.24, 2.45) is 0 Å². The molecule has 0 rings (SSSR count). The van der Waals surface area contributed by atoms with E-state index in [1.54, 1.807) is 6.92 Å². The van der Waals surface area contributed by atoms with Crippen LogP contribution >= 0.6 is 7.68 Å². The quantitative estimate of drug-likeness (QED) is 0.0989. The Morgan fingerprint density at radius 1 is 0.759 bits per heavy atom. The molecular weight excluding hydrogens is 385 g/mol. The SMILES string of the molecule is CCCCCCCCCCCCCCCCC(C)(P(=O)=O)[N+](C)(C)CCC(O)O. The Bertz CT molecular complexity index is 458. The van der Waals surface area contributed by atoms with Crippen molar-refractivity contribution in [3.05, 3.63) is 0 Å². The Labute approximate surface area is 180 Å². The van der Waals surface area contributed by atoms with E-state index in [-0.39, 0.29) is 10.9 Å². The predicted octanol–water partition coefficient (Wildman–Crippen LogP) is 6.52. The minimum atomic E-state index is -2.60. The Kier molecular flexibility index (Phi) is 16.3. The zero-order valence-corrected chi connectivity index (χ0v) is 20.6. The maximum absolute atomic E-state index is 12.0. The van der Waals surface area contributed by atoms with Crippen LogP contribution < -0.4 is 0 Å². The van der Waals surface area contributed by atoms with E-state index in [1.165, 1.54) is 77.0 Å². The molecule has 0 bridgehead atoms. The van der Waals surface area contributed by atoms with Gasteiger partial charge >= 0.3 is 7.68 Å². The average molecular weight is 435 g/mol. The van der Waals surface area contributed by atoms with Gasteiger partial charge in [0.2, 0.25) is 5.28 Å². The summed E-state index contributed by atoms with van der Waals surface area (Å²) in [4.78, 5) is 0. The molecule has 0 saturated heterocycles. The van der Waals surface area contributed by atoms with E-state index in [9.17, 15) is 9.13 Å². The molecule has 0 amide bonds. The van der Waals surface area contributed by atoms with Gasteiger partial charge in [0.1, 0.15) is 0 Å². The third-order valence-corrected chi connectivity index (χ3v) is 8.20. The highest BCUT2D eigenvalue weighted by Crippen LogP contribution is 2.41. The molecule has 174 valence electrons. The van der Waals surface area contributed by atoms with Gasteiger partial charge in [0.25, 0.3) is 0 Å². The third kappa shape index (κ3) is 12.9. The molecule has 0 spiro atoms. The molecule has 1 unspecified atom stereocenters. The van der Waals surface area contributed by atoms with Crippen molar-refractivity contribution < 1.29 is 23.8 Å². The molecule has 0 aromatic heterocycles. The first kappa shape index (κ1) is 28.8. The number of rotatable bonds is 20. The molecule has 0 aliphatic heterocycles. The van der Waals surface area contributed by atoms with Crippen molar-refractivity contribution in [1.82, 2.24) is 0 Å². The lowest BCUT2D eigenvalue weighted by molar-refractivity contribution is -0.925. The monoisotopic (exact) mass is 434 g/mol. The second-order valence-corrected chi connectivity index (χ2v) is 11.0. The van der Waals surface area contributed by atoms with E-state index < -0.39 is 19.3 Å². The van der Waals surface area contributed by atoms with Gasteiger partial charge in [0.05, 0.1) is 20.6 Å². The van der Waals surface area contributed by atoms with E-state index in [1.807, 2.05) is 14.1 Å². The van der Waals surface area contributed by atoms with Crippen LogP contribution in [0.3, 0.4) is 0 Å². The van der Waals surface area contributed by atoms with Crippen LogP contribution in [0.2, 0.25) is 0 Å². The normalized spacial score (nSPS) is 14.3. The van der Waals surface area contributed by atoms with Crippen LogP contribution in [-0.2, 0) is 9.13 Å². The van der Waals surface area contributed by atoms with Crippen LogP contribution in [0.4, 0.5) is 0 Å². The Hall–Kier alpha value is -0.220. The highest BCUT2D eigenvalue weighted by molar-refractivity contribution is 7.32. The molecule has 0 aliphatic carbocycles. The van der Waals surface area contributed by atoms with Crippen LogP contribution in [-0.4, -0.2) is 46.9 Å². The maximum atomic E-state index is 12.0. The Balaban J connectivity index is 3.87. The zero-order valence-electron chi connectivity index (χ0n) is 19.7. The standard InChI is InChI=1S/C23H49NO4P/c1-5-6-7-8-9-10-11-12-13-14-15-16-17-18-20-23(2,29(27)28)24(3,4)21-19-22(25)26/h22,25-26H,5-21H2,1-4H3/q+1. The Morgan fingerprint density at radius 2 is 1.14 bits per heavy atom. The van der Waals surface area contributed by atoms with E-state index in [4.69, 9.17) is 10.2 Å². The van der Waals surface area contributed by atoms with Gasteiger partial charge in [-0.3, -0.25) is 0 Å². The largest absolute Gasteiger partial charge is 0.377 e. The van der Waals surface area contributed by atoms with Crippen LogP contribution in [0.1, 0.15) is 117 Å². The molecule has 1 atom stereocenters. The molecule has 0 aliphatic rings. The third-order valence-electron chi connectivity index (χ3n) is 6.65. The lowest BCUT2D eigenvalue weighted by atomic mass is 10.0. The summed E-state index contributed by atoms with van der Waals surface area (Å²) in [6.07, 6.45) is 17.4. The van der Waals surface area contributed by atoms with E-state index in [0.29, 0.717) is 13.0 Å². The fourth-order valence-electron chi connectivity index (χ4n) is 3.95. The molecule has 0 saturated carbocycles. The van der Waals surface area contributed by atoms with Crippen molar-refractivity contribution in [2.45, 2.75) is 128 Å². The molecule has 0 aromatic rings. The first-order valence-electron chi connectivity index (χ1n) is 12.0. The van der Waals surface area contributed by atoms with Crippen LogP contribution in [0.15, 0.2) is 0 Å². The Morgan fingerprint density at radius 3 is 1.48 bits per heavy atom. The highest BCUT2D eigenvalue weighted by Gasteiger charge is 2.46. The van der Waals surface area contributed by atoms with Gasteiger partial charge in [-0.1, -0.05) is 90.4 Å². The number of nitrogens with zero attached hydrogens (tertiary/aromatic N) is 1. The van der Waals surface area contributed by atoms with Crippen molar-refractivity contribution in [2.75, 3.05) is 20.6 Å². The number of unbranched alkanes of at least 4 members (excludes halogenated alkanes) is 13. The van der Waals surface area contributed by atoms with E-state index in [0.717, 1.165) is 12.8 Å². The van der Waals surface area contributed by atoms with Crippen molar-refractivity contribution in [3.8, 4) is 0 Å². The average Bonchev–Trinajstić information content (AvgIpc) is 2.66. The number of quaternary nitrogens is 1. The molecule has 0 aromatic carbocycles. The van der Waals surface area contributed by atoms with Gasteiger partial charge in [-0.15, -0.1) is 0 Å². The van der Waals surface area contributed by atoms with Gasteiger partial charge < -0.3 is 14.7 Å². The summed E-state index contributed by atoms with van der Waals surface area (Å²) in [6.45, 7) is 4.48. The molecule has 29 heavy (non-hydrogen) atoms. The summed E-state index contributed by atoms with van der Waals surface area (Å²) >= 11 is 0. The van der Waals surface area contributed by atoms with Gasteiger partial charge in [0.15, 0.2) is 6.29 Å². The van der Waals surface area contributed by atoms with Crippen LogP contribution in [0, 0.1) is 0 Å². The van der Waals surface area contributed by atoms with Gasteiger partial charge in [-0.25, -0.2) is 9.13 Å². The summed E-state index contributed by atoms with van der Waals surface area (Å²) in [7, 11) is 1.15. The lowest BCUT2D eigenvalue weighted by Crippen LogP contribution is -2.56. The van der Waals surface area contributed by atoms with Crippen molar-refractivity contribution in [3.63, 3.8) is 0 Å². The number of aliphatic hydroxyl groups is 2. The molecule has 0 fully saturated rings. The first-order valence-corrected chi connectivity index (χ1v) is 13.2. The molecule has 0 radical (unpaired) electrons. The van der Waals surface area contributed by atoms with Gasteiger partial charge in [0, 0.05) is 19.8 Å². The zero-order chi connectivity index (χ0) is 22.2. The topological polar surface area (TPSA) is 74.6 Å². The summed E-state index contributed by atoms with van der Waals surface area (Å²) in [6, 6.07) is 0. The smallest absolute Gasteiger partial charge is 0.368 e. The maximum Gasteiger partial charge on any atom is 0.377 e. The lowest BCUT2D eigenvalue weighted by Gasteiger charge is -2.42. The second kappa shape index (κ2) is 16.5. The van der Waals surface area contributed by atoms with Gasteiger partial charge in [-0.2, -0.15) is 0 Å². The molecule has 6 heteroatoms. The highest BCUT2D eigenvalue weighted by atomic mass is 31.1. The van der Waals surface area contributed by atoms with Crippen LogP contribution in [0.5, 0.6) is 0 Å². The van der Waals surface area contributed by atoms with Crippen molar-refractivity contribution >= 4 is 7.68 Å². The summed E-state index contributed by atoms with van der Waals surface area (Å²) in [5, 5.41) is 17.4. The van der Waals surface area contributed by atoms with E-state index >= 15 is 0 Å². The van der Waals surface area contributed by atoms with Crippen molar-refractivity contribution in [1.29, 1.82) is 0 Å². The minimum Gasteiger partial charge on any atom is -0.368 e. The summed E-state index contributed by atoms with van der Waals surface area (Å²) < 4.78 is 24.2. The second-order valence-electron chi connectivity index (χ2n) is 9.50. The minimum absolute atomic E-state index is 0.185. The summed E-state index contributed by atoms with van der Waals surface area (Å²) in [5.74, 6) is 0. The van der Waals surface area contributed by atoms with E-state index in [2.05, 4.69) is 6.92 Å². The first-order chi connectivity index (χ1) is 13.7. The molecule has 5 nitrogen and oxygen atoms in total. The summed E-state index contributed by atoms with van der Waals surface area (Å²) in [5.41, 5.74) is 0. The molecular formula is C23H49NO4P+. The van der Waals surface area contributed by atoms with Crippen LogP contribution in [0.25, 0.3) is 0 Å².